The molecule has 0 fully saturated rings. The summed E-state index contributed by atoms with van der Waals surface area (Å²) < 4.78 is 4.94. The van der Waals surface area contributed by atoms with E-state index in [4.69, 9.17) is 16.0 Å². The number of aromatic hydroxyl groups is 1. The van der Waals surface area contributed by atoms with Gasteiger partial charge in [0.25, 0.3) is 5.91 Å². The second-order valence-electron chi connectivity index (χ2n) is 3.11. The Balaban J connectivity index is 2.13. The van der Waals surface area contributed by atoms with E-state index >= 15 is 0 Å². The van der Waals surface area contributed by atoms with Gasteiger partial charge < -0.3 is 14.8 Å². The van der Waals surface area contributed by atoms with Gasteiger partial charge in [-0.15, -0.1) is 0 Å². The molecule has 5 heteroatoms. The number of carbonyl (C=O) groups excluding carboxylic acids is 1. The first-order valence-corrected chi connectivity index (χ1v) is 4.88. The fraction of sp³-hybridized carbons (Fsp3) is 0. The van der Waals surface area contributed by atoms with Gasteiger partial charge in [0.1, 0.15) is 5.75 Å². The Kier molecular flexibility index (Phi) is 2.83. The summed E-state index contributed by atoms with van der Waals surface area (Å²) in [5.41, 5.74) is 0.484. The predicted octanol–water partition coefficient (Wildman–Crippen LogP) is 2.89. The molecule has 0 radical (unpaired) electrons. The number of furan rings is 1. The molecular formula is C11H8ClNO3. The molecule has 0 aliphatic rings. The summed E-state index contributed by atoms with van der Waals surface area (Å²) in [5, 5.41) is 11.9. The van der Waals surface area contributed by atoms with Crippen molar-refractivity contribution in [2.24, 2.45) is 0 Å². The quantitative estimate of drug-likeness (QED) is 0.844. The predicted molar refractivity (Wildman–Crippen MR) is 59.8 cm³/mol. The van der Waals surface area contributed by atoms with Crippen molar-refractivity contribution in [3.8, 4) is 5.75 Å². The average Bonchev–Trinajstić information content (AvgIpc) is 2.65. The molecular weight excluding hydrogens is 230 g/mol. The summed E-state index contributed by atoms with van der Waals surface area (Å²) in [6.45, 7) is 0. The van der Waals surface area contributed by atoms with E-state index in [1.807, 2.05) is 0 Å². The van der Waals surface area contributed by atoms with Crippen LogP contribution in [0.2, 0.25) is 5.22 Å². The highest BCUT2D eigenvalue weighted by Gasteiger charge is 2.10. The van der Waals surface area contributed by atoms with Gasteiger partial charge >= 0.3 is 0 Å². The van der Waals surface area contributed by atoms with Crippen LogP contribution in [0, 0.1) is 0 Å². The Morgan fingerprint density at radius 2 is 2.12 bits per heavy atom. The SMILES string of the molecule is O=C(Nc1cccc(O)c1)c1ccc(Cl)o1. The Morgan fingerprint density at radius 1 is 1.31 bits per heavy atom. The molecule has 2 N–H and O–H groups in total. The summed E-state index contributed by atoms with van der Waals surface area (Å²) in [6.07, 6.45) is 0. The van der Waals surface area contributed by atoms with Crippen LogP contribution in [-0.4, -0.2) is 11.0 Å². The van der Waals surface area contributed by atoms with E-state index in [-0.39, 0.29) is 16.7 Å². The molecule has 2 aromatic rings. The zero-order valence-electron chi connectivity index (χ0n) is 8.11. The van der Waals surface area contributed by atoms with Crippen molar-refractivity contribution in [3.63, 3.8) is 0 Å². The Bertz CT molecular complexity index is 521. The van der Waals surface area contributed by atoms with Gasteiger partial charge in [0.2, 0.25) is 0 Å². The fourth-order valence-corrected chi connectivity index (χ4v) is 1.36. The van der Waals surface area contributed by atoms with E-state index in [0.29, 0.717) is 5.69 Å². The van der Waals surface area contributed by atoms with E-state index in [9.17, 15) is 9.90 Å². The third-order valence-electron chi connectivity index (χ3n) is 1.90. The molecule has 1 aromatic carbocycles. The maximum atomic E-state index is 11.6. The van der Waals surface area contributed by atoms with Crippen molar-refractivity contribution in [1.29, 1.82) is 0 Å². The molecule has 0 saturated carbocycles. The molecule has 1 amide bonds. The summed E-state index contributed by atoms with van der Waals surface area (Å²) in [5.74, 6) is -0.221. The highest BCUT2D eigenvalue weighted by Crippen LogP contribution is 2.18. The third-order valence-corrected chi connectivity index (χ3v) is 2.10. The van der Waals surface area contributed by atoms with Crippen LogP contribution in [0.3, 0.4) is 0 Å². The molecule has 0 atom stereocenters. The van der Waals surface area contributed by atoms with Crippen molar-refractivity contribution >= 4 is 23.2 Å². The smallest absolute Gasteiger partial charge is 0.291 e. The van der Waals surface area contributed by atoms with E-state index < -0.39 is 5.91 Å². The monoisotopic (exact) mass is 237 g/mol. The molecule has 0 unspecified atom stereocenters. The fourth-order valence-electron chi connectivity index (χ4n) is 1.21. The Hall–Kier alpha value is -1.94. The third kappa shape index (κ3) is 2.35. The van der Waals surface area contributed by atoms with E-state index in [0.717, 1.165) is 0 Å². The van der Waals surface area contributed by atoms with Gasteiger partial charge in [-0.05, 0) is 35.9 Å². The van der Waals surface area contributed by atoms with E-state index in [1.54, 1.807) is 12.1 Å². The molecule has 1 aromatic heterocycles. The topological polar surface area (TPSA) is 62.5 Å². The first kappa shape index (κ1) is 10.6. The van der Waals surface area contributed by atoms with Gasteiger partial charge in [-0.25, -0.2) is 0 Å². The maximum absolute atomic E-state index is 11.6. The lowest BCUT2D eigenvalue weighted by Gasteiger charge is -2.02. The molecule has 0 aliphatic carbocycles. The number of anilines is 1. The number of hydrogen-bond acceptors (Lipinski definition) is 3. The molecule has 0 bridgehead atoms. The number of rotatable bonds is 2. The Labute approximate surface area is 96.5 Å². The lowest BCUT2D eigenvalue weighted by molar-refractivity contribution is 0.0997. The average molecular weight is 238 g/mol. The summed E-state index contributed by atoms with van der Waals surface area (Å²) in [4.78, 5) is 11.6. The van der Waals surface area contributed by atoms with Crippen LogP contribution < -0.4 is 5.32 Å². The molecule has 0 spiro atoms. The minimum Gasteiger partial charge on any atom is -0.508 e. The lowest BCUT2D eigenvalue weighted by Crippen LogP contribution is -2.10. The van der Waals surface area contributed by atoms with Gasteiger partial charge in [0.05, 0.1) is 0 Å². The van der Waals surface area contributed by atoms with Crippen LogP contribution in [0.4, 0.5) is 5.69 Å². The number of nitrogens with one attached hydrogen (secondary N) is 1. The number of carbonyl (C=O) groups is 1. The van der Waals surface area contributed by atoms with Crippen molar-refractivity contribution in [2.75, 3.05) is 5.32 Å². The lowest BCUT2D eigenvalue weighted by atomic mass is 10.3. The number of phenols is 1. The van der Waals surface area contributed by atoms with E-state index in [2.05, 4.69) is 5.32 Å². The van der Waals surface area contributed by atoms with Crippen molar-refractivity contribution < 1.29 is 14.3 Å². The van der Waals surface area contributed by atoms with Crippen LogP contribution in [0.1, 0.15) is 10.6 Å². The molecule has 82 valence electrons. The van der Waals surface area contributed by atoms with Gasteiger partial charge in [-0.3, -0.25) is 4.79 Å². The normalized spacial score (nSPS) is 10.1. The van der Waals surface area contributed by atoms with Crippen LogP contribution >= 0.6 is 11.6 Å². The van der Waals surface area contributed by atoms with Crippen LogP contribution in [0.25, 0.3) is 0 Å². The Morgan fingerprint density at radius 3 is 2.75 bits per heavy atom. The summed E-state index contributed by atoms with van der Waals surface area (Å²) >= 11 is 5.55. The zero-order chi connectivity index (χ0) is 11.5. The van der Waals surface area contributed by atoms with Crippen LogP contribution in [0.15, 0.2) is 40.8 Å². The first-order valence-electron chi connectivity index (χ1n) is 4.51. The number of benzene rings is 1. The van der Waals surface area contributed by atoms with Crippen molar-refractivity contribution in [3.05, 3.63) is 47.4 Å². The highest BCUT2D eigenvalue weighted by molar-refractivity contribution is 6.29. The maximum Gasteiger partial charge on any atom is 0.291 e. The molecule has 4 nitrogen and oxygen atoms in total. The molecule has 0 aliphatic heterocycles. The van der Waals surface area contributed by atoms with Gasteiger partial charge in [-0.1, -0.05) is 6.07 Å². The molecule has 0 saturated heterocycles. The van der Waals surface area contributed by atoms with Gasteiger partial charge in [-0.2, -0.15) is 0 Å². The first-order chi connectivity index (χ1) is 7.65. The molecule has 16 heavy (non-hydrogen) atoms. The highest BCUT2D eigenvalue weighted by atomic mass is 35.5. The van der Waals surface area contributed by atoms with Crippen LogP contribution in [0.5, 0.6) is 5.75 Å². The van der Waals surface area contributed by atoms with Gasteiger partial charge in [0.15, 0.2) is 11.0 Å². The molecule has 2 rings (SSSR count). The number of phenolic OH excluding ortho intramolecular Hbond substituents is 1. The molecule has 1 heterocycles. The minimum absolute atomic E-state index is 0.0790. The summed E-state index contributed by atoms with van der Waals surface area (Å²) in [7, 11) is 0. The van der Waals surface area contributed by atoms with Crippen molar-refractivity contribution in [1.82, 2.24) is 0 Å². The number of amides is 1. The standard InChI is InChI=1S/C11H8ClNO3/c12-10-5-4-9(16-10)11(15)13-7-2-1-3-8(14)6-7/h1-6,14H,(H,13,15). The van der Waals surface area contributed by atoms with E-state index in [1.165, 1.54) is 24.3 Å². The van der Waals surface area contributed by atoms with Crippen LogP contribution in [-0.2, 0) is 0 Å². The summed E-state index contributed by atoms with van der Waals surface area (Å²) in [6, 6.07) is 9.18. The number of hydrogen-bond donors (Lipinski definition) is 2. The number of halogens is 1. The largest absolute Gasteiger partial charge is 0.508 e. The second-order valence-corrected chi connectivity index (χ2v) is 3.48. The second kappa shape index (κ2) is 4.28. The minimum atomic E-state index is -0.419. The van der Waals surface area contributed by atoms with Crippen molar-refractivity contribution in [2.45, 2.75) is 0 Å². The zero-order valence-corrected chi connectivity index (χ0v) is 8.86. The van der Waals surface area contributed by atoms with Gasteiger partial charge in [0, 0.05) is 11.8 Å².